The lowest BCUT2D eigenvalue weighted by Crippen LogP contribution is -2.76. The highest BCUT2D eigenvalue weighted by atomic mass is 28.4. The van der Waals surface area contributed by atoms with Crippen molar-refractivity contribution < 1.29 is 28.5 Å². The third kappa shape index (κ3) is 3.50. The van der Waals surface area contributed by atoms with Crippen LogP contribution in [0, 0.1) is 0 Å². The molecule has 3 heterocycles. The van der Waals surface area contributed by atoms with E-state index in [0.29, 0.717) is 6.61 Å². The quantitative estimate of drug-likeness (QED) is 0.775. The minimum absolute atomic E-state index is 0.0451. The smallest absolute Gasteiger partial charge is 0.272 e. The topological polar surface area (TPSA) is 66.4 Å². The predicted molar refractivity (Wildman–Crippen MR) is 102 cm³/mol. The molecule has 1 aliphatic carbocycles. The molecule has 6 nitrogen and oxygen atoms in total. The molecule has 1 aromatic rings. The fourth-order valence-corrected chi connectivity index (χ4v) is 5.00. The number of aliphatic hydroxyl groups is 1. The van der Waals surface area contributed by atoms with Gasteiger partial charge in [-0.1, -0.05) is 51.1 Å². The zero-order valence-corrected chi connectivity index (χ0v) is 17.6. The molecule has 0 unspecified atom stereocenters. The lowest BCUT2D eigenvalue weighted by molar-refractivity contribution is -0.482. The maximum absolute atomic E-state index is 10.8. The van der Waals surface area contributed by atoms with E-state index in [1.54, 1.807) is 0 Å². The summed E-state index contributed by atoms with van der Waals surface area (Å²) >= 11 is 0. The highest BCUT2D eigenvalue weighted by Gasteiger charge is 2.63. The number of rotatable bonds is 5. The number of hydrogen-bond acceptors (Lipinski definition) is 6. The molecule has 1 N–H and O–H groups in total. The zero-order valence-electron chi connectivity index (χ0n) is 16.6. The van der Waals surface area contributed by atoms with Gasteiger partial charge in [-0.15, -0.1) is 0 Å². The number of aliphatic hydroxyl groups excluding tert-OH is 1. The molecule has 4 fully saturated rings. The Morgan fingerprint density at radius 3 is 2.19 bits per heavy atom. The molecule has 0 amide bonds. The second-order valence-electron chi connectivity index (χ2n) is 9.19. The number of hydrogen-bond donors (Lipinski definition) is 1. The highest BCUT2D eigenvalue weighted by molar-refractivity contribution is 6.74. The standard InChI is InChI=1S/C20H30O6Si/c1-20(2,3)27(4,5)26-18-15-13(21)14-16(17(18)25-19(23-14)24-15)22-11-12-9-7-6-8-10-12/h6-10,13-19,21H,11H2,1-5H3/t13-,14-,15-,16+,17+,18+,19+/m0/s1. The molecule has 0 spiro atoms. The van der Waals surface area contributed by atoms with Crippen LogP contribution in [0.25, 0.3) is 0 Å². The Labute approximate surface area is 161 Å². The molecule has 0 radical (unpaired) electrons. The second-order valence-corrected chi connectivity index (χ2v) is 13.9. The predicted octanol–water partition coefficient (Wildman–Crippen LogP) is 2.80. The maximum atomic E-state index is 10.8. The van der Waals surface area contributed by atoms with Crippen LogP contribution >= 0.6 is 0 Å². The lowest BCUT2D eigenvalue weighted by atomic mass is 9.82. The SMILES string of the molecule is CC(C)(C)[Si](C)(C)O[C@H]1[C@@H]2O[C@@H]3O[C@@H]([C@H](O)[C@@H]1O3)[C@H]2OCc1ccccc1. The Balaban J connectivity index is 1.54. The Kier molecular flexibility index (Phi) is 5.00. The van der Waals surface area contributed by atoms with Crippen molar-refractivity contribution in [3.05, 3.63) is 35.9 Å². The van der Waals surface area contributed by atoms with Crippen LogP contribution in [0.15, 0.2) is 30.3 Å². The fraction of sp³-hybridized carbons (Fsp3) is 0.700. The first-order valence-electron chi connectivity index (χ1n) is 9.65. The summed E-state index contributed by atoms with van der Waals surface area (Å²) in [7, 11) is -2.08. The Morgan fingerprint density at radius 1 is 0.963 bits per heavy atom. The van der Waals surface area contributed by atoms with E-state index in [4.69, 9.17) is 23.4 Å². The minimum Gasteiger partial charge on any atom is -0.408 e. The summed E-state index contributed by atoms with van der Waals surface area (Å²) in [6, 6.07) is 9.97. The van der Waals surface area contributed by atoms with Crippen LogP contribution in [0.2, 0.25) is 18.1 Å². The van der Waals surface area contributed by atoms with Gasteiger partial charge in [-0.3, -0.25) is 0 Å². The molecule has 150 valence electrons. The molecule has 4 bridgehead atoms. The van der Waals surface area contributed by atoms with Crippen molar-refractivity contribution in [2.75, 3.05) is 0 Å². The van der Waals surface area contributed by atoms with Gasteiger partial charge in [0.05, 0.1) is 6.61 Å². The van der Waals surface area contributed by atoms with Crippen molar-refractivity contribution in [1.29, 1.82) is 0 Å². The monoisotopic (exact) mass is 394 g/mol. The summed E-state index contributed by atoms with van der Waals surface area (Å²) in [5, 5.41) is 10.9. The van der Waals surface area contributed by atoms with Crippen LogP contribution in [-0.4, -0.2) is 56.5 Å². The average molecular weight is 395 g/mol. The summed E-state index contributed by atoms with van der Waals surface area (Å²) in [6.45, 7) is 10.7. The van der Waals surface area contributed by atoms with Gasteiger partial charge in [0.2, 0.25) is 0 Å². The first-order valence-corrected chi connectivity index (χ1v) is 12.6. The van der Waals surface area contributed by atoms with Gasteiger partial charge >= 0.3 is 0 Å². The molecule has 5 rings (SSSR count). The van der Waals surface area contributed by atoms with Crippen LogP contribution in [-0.2, 0) is 30.0 Å². The molecule has 0 aromatic heterocycles. The van der Waals surface area contributed by atoms with Gasteiger partial charge in [-0.25, -0.2) is 0 Å². The van der Waals surface area contributed by atoms with Gasteiger partial charge < -0.3 is 28.5 Å². The van der Waals surface area contributed by atoms with Crippen LogP contribution < -0.4 is 0 Å². The van der Waals surface area contributed by atoms with Crippen molar-refractivity contribution >= 4 is 8.32 Å². The van der Waals surface area contributed by atoms with Gasteiger partial charge in [0.15, 0.2) is 8.32 Å². The summed E-state index contributed by atoms with van der Waals surface area (Å²) in [5.41, 5.74) is 1.07. The van der Waals surface area contributed by atoms with E-state index in [1.165, 1.54) is 0 Å². The molecule has 3 saturated heterocycles. The first kappa shape index (κ1) is 19.5. The molecule has 1 saturated carbocycles. The van der Waals surface area contributed by atoms with Crippen LogP contribution in [0.1, 0.15) is 26.3 Å². The largest absolute Gasteiger partial charge is 0.408 e. The molecule has 7 atom stereocenters. The molecule has 27 heavy (non-hydrogen) atoms. The highest BCUT2D eigenvalue weighted by Crippen LogP contribution is 2.46. The Hall–Kier alpha value is -0.803. The second kappa shape index (κ2) is 6.91. The van der Waals surface area contributed by atoms with Crippen molar-refractivity contribution in [2.24, 2.45) is 0 Å². The third-order valence-electron chi connectivity index (χ3n) is 6.30. The van der Waals surface area contributed by atoms with E-state index in [2.05, 4.69) is 33.9 Å². The van der Waals surface area contributed by atoms with Gasteiger partial charge in [0, 0.05) is 0 Å². The van der Waals surface area contributed by atoms with E-state index in [9.17, 15) is 5.11 Å². The van der Waals surface area contributed by atoms with Gasteiger partial charge in [0.1, 0.15) is 36.6 Å². The van der Waals surface area contributed by atoms with E-state index in [0.717, 1.165) is 5.56 Å². The summed E-state index contributed by atoms with van der Waals surface area (Å²) in [6.07, 6.45) is -2.77. The molecular weight excluding hydrogens is 364 g/mol. The van der Waals surface area contributed by atoms with Crippen LogP contribution in [0.3, 0.4) is 0 Å². The lowest BCUT2D eigenvalue weighted by Gasteiger charge is -2.59. The fourth-order valence-electron chi connectivity index (χ4n) is 3.70. The molecule has 1 aromatic carbocycles. The van der Waals surface area contributed by atoms with Crippen LogP contribution in [0.4, 0.5) is 0 Å². The number of ether oxygens (including phenoxy) is 4. The average Bonchev–Trinajstić information content (AvgIpc) is 2.60. The van der Waals surface area contributed by atoms with Crippen molar-refractivity contribution in [3.8, 4) is 0 Å². The zero-order chi connectivity index (χ0) is 19.4. The van der Waals surface area contributed by atoms with Gasteiger partial charge in [-0.2, -0.15) is 0 Å². The third-order valence-corrected chi connectivity index (χ3v) is 10.8. The van der Waals surface area contributed by atoms with Gasteiger partial charge in [0.25, 0.3) is 6.48 Å². The van der Waals surface area contributed by atoms with E-state index < -0.39 is 39.2 Å². The first-order chi connectivity index (χ1) is 12.7. The summed E-state index contributed by atoms with van der Waals surface area (Å²) in [4.78, 5) is 0. The minimum atomic E-state index is -2.08. The normalized spacial score (nSPS) is 38.4. The summed E-state index contributed by atoms with van der Waals surface area (Å²) < 4.78 is 30.2. The van der Waals surface area contributed by atoms with E-state index >= 15 is 0 Å². The van der Waals surface area contributed by atoms with Crippen molar-refractivity contribution in [1.82, 2.24) is 0 Å². The molecule has 7 heteroatoms. The number of benzene rings is 1. The summed E-state index contributed by atoms with van der Waals surface area (Å²) in [5.74, 6) is 0. The molecule has 4 aliphatic rings. The van der Waals surface area contributed by atoms with Crippen LogP contribution in [0.5, 0.6) is 0 Å². The van der Waals surface area contributed by atoms with E-state index in [1.807, 2.05) is 30.3 Å². The van der Waals surface area contributed by atoms with Crippen molar-refractivity contribution in [3.63, 3.8) is 0 Å². The van der Waals surface area contributed by atoms with Crippen molar-refractivity contribution in [2.45, 2.75) is 88.6 Å². The van der Waals surface area contributed by atoms with E-state index in [-0.39, 0.29) is 17.2 Å². The Morgan fingerprint density at radius 2 is 1.56 bits per heavy atom. The van der Waals surface area contributed by atoms with Gasteiger partial charge in [-0.05, 0) is 23.7 Å². The Bertz CT molecular complexity index is 660. The molecular formula is C20H30O6Si. The molecule has 3 aliphatic heterocycles. The maximum Gasteiger partial charge on any atom is 0.272 e.